The van der Waals surface area contributed by atoms with Crippen molar-refractivity contribution in [3.8, 4) is 23.1 Å². The number of ether oxygens (including phenoxy) is 1. The van der Waals surface area contributed by atoms with Crippen molar-refractivity contribution in [1.82, 2.24) is 24.7 Å². The number of aromatic amines is 1. The van der Waals surface area contributed by atoms with Crippen molar-refractivity contribution in [1.29, 1.82) is 0 Å². The number of hydrogen-bond donors (Lipinski definition) is 1. The first kappa shape index (κ1) is 23.2. The lowest BCUT2D eigenvalue weighted by Gasteiger charge is -2.09. The number of benzene rings is 2. The Kier molecular flexibility index (Phi) is 6.42. The van der Waals surface area contributed by atoms with Gasteiger partial charge >= 0.3 is 0 Å². The summed E-state index contributed by atoms with van der Waals surface area (Å²) in [5, 5.41) is 4.39. The predicted molar refractivity (Wildman–Crippen MR) is 130 cm³/mol. The molecule has 0 radical (unpaired) electrons. The first-order valence-electron chi connectivity index (χ1n) is 10.8. The number of nitrogens with zero attached hydrogens (tertiary/aromatic N) is 5. The van der Waals surface area contributed by atoms with Gasteiger partial charge in [-0.05, 0) is 55.0 Å². The minimum absolute atomic E-state index is 0.109. The molecule has 180 valence electrons. The van der Waals surface area contributed by atoms with Gasteiger partial charge in [-0.2, -0.15) is 14.4 Å². The van der Waals surface area contributed by atoms with Crippen LogP contribution in [0.15, 0.2) is 87.2 Å². The van der Waals surface area contributed by atoms with Gasteiger partial charge in [-0.1, -0.05) is 35.0 Å². The lowest BCUT2D eigenvalue weighted by atomic mass is 10.2. The van der Waals surface area contributed by atoms with E-state index in [9.17, 15) is 9.18 Å². The Morgan fingerprint density at radius 2 is 1.86 bits per heavy atom. The number of hydrogen-bond acceptors (Lipinski definition) is 7. The lowest BCUT2D eigenvalue weighted by Crippen LogP contribution is -2.32. The van der Waals surface area contributed by atoms with Crippen LogP contribution in [0.3, 0.4) is 0 Å². The first-order valence-corrected chi connectivity index (χ1v) is 11.1. The maximum Gasteiger partial charge on any atom is 0.265 e. The monoisotopic (exact) mass is 504 g/mol. The van der Waals surface area contributed by atoms with Crippen LogP contribution in [-0.2, 0) is 6.54 Å². The van der Waals surface area contributed by atoms with Crippen molar-refractivity contribution in [3.05, 3.63) is 111 Å². The number of nitrogens with one attached hydrogen (secondary N) is 1. The summed E-state index contributed by atoms with van der Waals surface area (Å²) in [7, 11) is 0. The molecule has 0 aliphatic rings. The van der Waals surface area contributed by atoms with Crippen LogP contribution >= 0.6 is 11.6 Å². The maximum absolute atomic E-state index is 13.3. The largest absolute Gasteiger partial charge is 0.439 e. The fourth-order valence-corrected chi connectivity index (χ4v) is 3.48. The molecule has 0 fully saturated rings. The fourth-order valence-electron chi connectivity index (χ4n) is 3.35. The molecule has 3 heterocycles. The smallest absolute Gasteiger partial charge is 0.265 e. The molecule has 0 saturated heterocycles. The zero-order chi connectivity index (χ0) is 25.1. The Labute approximate surface area is 208 Å². The summed E-state index contributed by atoms with van der Waals surface area (Å²) in [4.78, 5) is 28.1. The second kappa shape index (κ2) is 9.96. The van der Waals surface area contributed by atoms with Gasteiger partial charge in [0.2, 0.25) is 17.4 Å². The van der Waals surface area contributed by atoms with Crippen LogP contribution in [0, 0.1) is 12.9 Å². The summed E-state index contributed by atoms with van der Waals surface area (Å²) < 4.78 is 25.8. The van der Waals surface area contributed by atoms with Gasteiger partial charge in [-0.15, -0.1) is 0 Å². The first-order chi connectivity index (χ1) is 17.4. The van der Waals surface area contributed by atoms with Gasteiger partial charge in [-0.3, -0.25) is 9.78 Å². The number of aromatic nitrogens is 5. The summed E-state index contributed by atoms with van der Waals surface area (Å²) in [5.41, 5.74) is 1.58. The summed E-state index contributed by atoms with van der Waals surface area (Å²) in [6.07, 6.45) is 1.62. The molecule has 3 aromatic heterocycles. The van der Waals surface area contributed by atoms with Gasteiger partial charge in [0, 0.05) is 17.3 Å². The van der Waals surface area contributed by atoms with E-state index in [0.29, 0.717) is 34.4 Å². The Morgan fingerprint density at radius 1 is 1.08 bits per heavy atom. The number of rotatable bonds is 6. The van der Waals surface area contributed by atoms with Gasteiger partial charge in [0.1, 0.15) is 11.3 Å². The molecule has 36 heavy (non-hydrogen) atoms. The second-order valence-corrected chi connectivity index (χ2v) is 8.16. The molecule has 0 spiro atoms. The maximum atomic E-state index is 13.3. The SMILES string of the molecule is Cc1noc(-c2cn(Cc3ccc(Cl)cc3)/c(=N/c3ccc(Oc4cccc(F)n4)cc3)[nH]c2=O)n1. The molecule has 0 saturated carbocycles. The molecule has 0 aliphatic heterocycles. The predicted octanol–water partition coefficient (Wildman–Crippen LogP) is 4.80. The summed E-state index contributed by atoms with van der Waals surface area (Å²) >= 11 is 6.02. The summed E-state index contributed by atoms with van der Waals surface area (Å²) in [6, 6.07) is 18.4. The highest BCUT2D eigenvalue weighted by Gasteiger charge is 2.13. The highest BCUT2D eigenvalue weighted by molar-refractivity contribution is 6.30. The number of pyridine rings is 1. The normalized spacial score (nSPS) is 11.6. The standard InChI is InChI=1S/C25H18ClFN6O3/c1-15-28-24(36-32-15)20-14-33(13-16-5-7-17(26)8-6-16)25(31-23(20)34)29-18-9-11-19(12-10-18)35-22-4-2-3-21(27)30-22/h2-12,14H,13H2,1H3,(H,29,31,34). The van der Waals surface area contributed by atoms with Crippen molar-refractivity contribution in [2.24, 2.45) is 4.99 Å². The highest BCUT2D eigenvalue weighted by Crippen LogP contribution is 2.22. The summed E-state index contributed by atoms with van der Waals surface area (Å²) in [5.74, 6) is 0.483. The van der Waals surface area contributed by atoms with E-state index in [4.69, 9.17) is 20.9 Å². The molecule has 9 nitrogen and oxygen atoms in total. The molecule has 5 aromatic rings. The third kappa shape index (κ3) is 5.39. The van der Waals surface area contributed by atoms with E-state index in [1.165, 1.54) is 12.1 Å². The third-order valence-electron chi connectivity index (χ3n) is 5.03. The zero-order valence-electron chi connectivity index (χ0n) is 18.9. The van der Waals surface area contributed by atoms with Gasteiger partial charge < -0.3 is 13.8 Å². The van der Waals surface area contributed by atoms with Gasteiger partial charge in [0.15, 0.2) is 5.82 Å². The van der Waals surface area contributed by atoms with Crippen LogP contribution in [0.4, 0.5) is 10.1 Å². The van der Waals surface area contributed by atoms with E-state index in [0.717, 1.165) is 5.56 Å². The number of H-pyrrole nitrogens is 1. The summed E-state index contributed by atoms with van der Waals surface area (Å²) in [6.45, 7) is 2.06. The zero-order valence-corrected chi connectivity index (χ0v) is 19.6. The third-order valence-corrected chi connectivity index (χ3v) is 5.29. The topological polar surface area (TPSA) is 111 Å². The van der Waals surface area contributed by atoms with Crippen LogP contribution in [-0.4, -0.2) is 24.7 Å². The average Bonchev–Trinajstić information content (AvgIpc) is 3.29. The van der Waals surface area contributed by atoms with E-state index in [-0.39, 0.29) is 17.3 Å². The van der Waals surface area contributed by atoms with E-state index in [1.54, 1.807) is 60.2 Å². The van der Waals surface area contributed by atoms with Gasteiger partial charge in [0.25, 0.3) is 11.4 Å². The minimum Gasteiger partial charge on any atom is -0.439 e. The van der Waals surface area contributed by atoms with Crippen molar-refractivity contribution < 1.29 is 13.7 Å². The Bertz CT molecular complexity index is 1640. The van der Waals surface area contributed by atoms with Gasteiger partial charge in [-0.25, -0.2) is 4.99 Å². The molecule has 5 rings (SSSR count). The van der Waals surface area contributed by atoms with Crippen molar-refractivity contribution in [3.63, 3.8) is 0 Å². The molecule has 0 bridgehead atoms. The highest BCUT2D eigenvalue weighted by atomic mass is 35.5. The van der Waals surface area contributed by atoms with E-state index >= 15 is 0 Å². The van der Waals surface area contributed by atoms with Crippen LogP contribution < -0.4 is 15.9 Å². The fraction of sp³-hybridized carbons (Fsp3) is 0.0800. The van der Waals surface area contributed by atoms with Crippen LogP contribution in [0.1, 0.15) is 11.4 Å². The molecular formula is C25H18ClFN6O3. The molecule has 0 amide bonds. The van der Waals surface area contributed by atoms with E-state index < -0.39 is 11.5 Å². The Balaban J connectivity index is 1.51. The number of halogens is 2. The second-order valence-electron chi connectivity index (χ2n) is 7.73. The molecule has 0 atom stereocenters. The van der Waals surface area contributed by atoms with Gasteiger partial charge in [0.05, 0.1) is 12.2 Å². The molecule has 0 aliphatic carbocycles. The van der Waals surface area contributed by atoms with Crippen molar-refractivity contribution >= 4 is 17.3 Å². The van der Waals surface area contributed by atoms with E-state index in [1.807, 2.05) is 12.1 Å². The minimum atomic E-state index is -0.632. The molecule has 2 aromatic carbocycles. The van der Waals surface area contributed by atoms with Crippen LogP contribution in [0.25, 0.3) is 11.5 Å². The Hall–Kier alpha value is -4.57. The Morgan fingerprint density at radius 3 is 2.56 bits per heavy atom. The lowest BCUT2D eigenvalue weighted by molar-refractivity contribution is 0.424. The molecule has 11 heteroatoms. The average molecular weight is 505 g/mol. The van der Waals surface area contributed by atoms with Crippen molar-refractivity contribution in [2.45, 2.75) is 13.5 Å². The van der Waals surface area contributed by atoms with E-state index in [2.05, 4.69) is 25.1 Å². The quantitative estimate of drug-likeness (QED) is 0.333. The number of aryl methyl sites for hydroxylation is 1. The molecular weight excluding hydrogens is 487 g/mol. The van der Waals surface area contributed by atoms with Crippen LogP contribution in [0.2, 0.25) is 5.02 Å². The molecule has 0 unspecified atom stereocenters. The molecule has 1 N–H and O–H groups in total. The van der Waals surface area contributed by atoms with Crippen molar-refractivity contribution in [2.75, 3.05) is 0 Å². The van der Waals surface area contributed by atoms with Crippen LogP contribution in [0.5, 0.6) is 11.6 Å².